The lowest BCUT2D eigenvalue weighted by Crippen LogP contribution is -2.68. The SMILES string of the molecule is COC1C2CCOC2NC2C1CCC(O[C@@H]1O[C@@H](C)[C@@H](OC(C)=O)[C@H](OC(C)=O)[C@@H]1OC(C)=O)C2OC. The normalized spacial score (nSPS) is 43.3. The summed E-state index contributed by atoms with van der Waals surface area (Å²) in [4.78, 5) is 35.7. The Hall–Kier alpha value is -1.83. The van der Waals surface area contributed by atoms with E-state index in [-0.39, 0.29) is 36.3 Å². The molecule has 0 bridgehead atoms. The molecule has 4 fully saturated rings. The maximum Gasteiger partial charge on any atom is 0.303 e. The lowest BCUT2D eigenvalue weighted by molar-refractivity contribution is -0.321. The molecule has 4 rings (SSSR count). The van der Waals surface area contributed by atoms with Gasteiger partial charge in [0, 0.05) is 59.5 Å². The molecule has 0 amide bonds. The fraction of sp³-hybridized carbons (Fsp3) is 0.880. The molecule has 1 saturated carbocycles. The first-order chi connectivity index (χ1) is 17.6. The van der Waals surface area contributed by atoms with Crippen molar-refractivity contribution in [2.75, 3.05) is 20.8 Å². The zero-order valence-corrected chi connectivity index (χ0v) is 22.2. The summed E-state index contributed by atoms with van der Waals surface area (Å²) in [5, 5.41) is 3.61. The highest BCUT2D eigenvalue weighted by molar-refractivity contribution is 5.68. The van der Waals surface area contributed by atoms with Crippen molar-refractivity contribution in [1.29, 1.82) is 0 Å². The molecule has 3 aliphatic heterocycles. The highest BCUT2D eigenvalue weighted by atomic mass is 16.7. The summed E-state index contributed by atoms with van der Waals surface area (Å²) in [6.07, 6.45) is -3.57. The van der Waals surface area contributed by atoms with Crippen molar-refractivity contribution in [2.24, 2.45) is 11.8 Å². The summed E-state index contributed by atoms with van der Waals surface area (Å²) in [7, 11) is 3.36. The minimum Gasteiger partial charge on any atom is -0.456 e. The summed E-state index contributed by atoms with van der Waals surface area (Å²) < 4.78 is 46.7. The topological polar surface area (TPSA) is 137 Å². The van der Waals surface area contributed by atoms with Crippen LogP contribution >= 0.6 is 0 Å². The van der Waals surface area contributed by atoms with Gasteiger partial charge in [-0.15, -0.1) is 0 Å². The van der Waals surface area contributed by atoms with Crippen LogP contribution in [0.15, 0.2) is 0 Å². The van der Waals surface area contributed by atoms with Crippen LogP contribution in [0.1, 0.15) is 47.0 Å². The number of hydrogen-bond acceptors (Lipinski definition) is 12. The Morgan fingerprint density at radius 1 is 0.757 bits per heavy atom. The molecule has 1 aliphatic carbocycles. The van der Waals surface area contributed by atoms with E-state index >= 15 is 0 Å². The van der Waals surface area contributed by atoms with Crippen molar-refractivity contribution in [3.05, 3.63) is 0 Å². The van der Waals surface area contributed by atoms with Crippen LogP contribution in [0.5, 0.6) is 0 Å². The van der Waals surface area contributed by atoms with E-state index in [0.717, 1.165) is 12.8 Å². The Morgan fingerprint density at radius 3 is 2.00 bits per heavy atom. The van der Waals surface area contributed by atoms with Gasteiger partial charge in [0.25, 0.3) is 0 Å². The molecule has 210 valence electrons. The van der Waals surface area contributed by atoms with Gasteiger partial charge in [0.05, 0.1) is 24.4 Å². The predicted molar refractivity (Wildman–Crippen MR) is 125 cm³/mol. The highest BCUT2D eigenvalue weighted by Gasteiger charge is 2.56. The van der Waals surface area contributed by atoms with Crippen LogP contribution in [-0.2, 0) is 52.3 Å². The molecule has 12 atom stereocenters. The van der Waals surface area contributed by atoms with Crippen LogP contribution in [0.2, 0.25) is 0 Å². The number of esters is 3. The molecule has 0 aromatic carbocycles. The van der Waals surface area contributed by atoms with Crippen molar-refractivity contribution in [2.45, 2.75) is 108 Å². The summed E-state index contributed by atoms with van der Waals surface area (Å²) in [6, 6.07) is -0.0979. The zero-order valence-electron chi connectivity index (χ0n) is 22.2. The number of rotatable bonds is 7. The third-order valence-electron chi connectivity index (χ3n) is 7.79. The molecule has 0 radical (unpaired) electrons. The van der Waals surface area contributed by atoms with Crippen molar-refractivity contribution >= 4 is 17.9 Å². The van der Waals surface area contributed by atoms with Gasteiger partial charge in [-0.3, -0.25) is 19.7 Å². The maximum absolute atomic E-state index is 12.0. The number of methoxy groups -OCH3 is 2. The number of carbonyl (C=O) groups excluding carboxylic acids is 3. The number of carbonyl (C=O) groups is 3. The van der Waals surface area contributed by atoms with E-state index in [2.05, 4.69) is 5.32 Å². The number of hydrogen-bond donors (Lipinski definition) is 1. The second kappa shape index (κ2) is 11.9. The van der Waals surface area contributed by atoms with E-state index in [1.165, 1.54) is 20.8 Å². The molecule has 3 saturated heterocycles. The minimum absolute atomic E-state index is 0.0370. The number of ether oxygens (including phenoxy) is 8. The number of nitrogens with one attached hydrogen (secondary N) is 1. The lowest BCUT2D eigenvalue weighted by Gasteiger charge is -2.52. The molecule has 0 spiro atoms. The van der Waals surface area contributed by atoms with Gasteiger partial charge < -0.3 is 37.9 Å². The number of fused-ring (bicyclic) bond motifs is 2. The second-order valence-corrected chi connectivity index (χ2v) is 10.2. The van der Waals surface area contributed by atoms with Crippen LogP contribution in [0.3, 0.4) is 0 Å². The molecule has 12 nitrogen and oxygen atoms in total. The highest BCUT2D eigenvalue weighted by Crippen LogP contribution is 2.43. The van der Waals surface area contributed by atoms with E-state index in [0.29, 0.717) is 13.0 Å². The van der Waals surface area contributed by atoms with Crippen LogP contribution in [0.25, 0.3) is 0 Å². The summed E-state index contributed by atoms with van der Waals surface area (Å²) in [5.41, 5.74) is 0. The summed E-state index contributed by atoms with van der Waals surface area (Å²) in [6.45, 7) is 6.06. The first-order valence-corrected chi connectivity index (χ1v) is 12.9. The molecule has 0 aromatic heterocycles. The molecule has 3 heterocycles. The monoisotopic (exact) mass is 529 g/mol. The lowest BCUT2D eigenvalue weighted by atomic mass is 9.70. The van der Waals surface area contributed by atoms with Gasteiger partial charge in [0.1, 0.15) is 6.23 Å². The fourth-order valence-electron chi connectivity index (χ4n) is 6.43. The van der Waals surface area contributed by atoms with Gasteiger partial charge >= 0.3 is 17.9 Å². The molecule has 0 aromatic rings. The molecular formula is C25H39NO11. The van der Waals surface area contributed by atoms with Crippen molar-refractivity contribution in [3.8, 4) is 0 Å². The molecular weight excluding hydrogens is 490 g/mol. The fourth-order valence-corrected chi connectivity index (χ4v) is 6.43. The van der Waals surface area contributed by atoms with Gasteiger partial charge in [0.2, 0.25) is 0 Å². The van der Waals surface area contributed by atoms with Crippen molar-refractivity contribution < 1.29 is 52.3 Å². The summed E-state index contributed by atoms with van der Waals surface area (Å²) in [5.74, 6) is -1.34. The average Bonchev–Trinajstić information content (AvgIpc) is 3.29. The Labute approximate surface area is 216 Å². The van der Waals surface area contributed by atoms with E-state index in [4.69, 9.17) is 37.9 Å². The van der Waals surface area contributed by atoms with Crippen molar-refractivity contribution in [3.63, 3.8) is 0 Å². The summed E-state index contributed by atoms with van der Waals surface area (Å²) >= 11 is 0. The quantitative estimate of drug-likeness (QED) is 0.367. The molecule has 12 heteroatoms. The third-order valence-corrected chi connectivity index (χ3v) is 7.79. The first-order valence-electron chi connectivity index (χ1n) is 12.9. The standard InChI is InChI=1S/C25H39NO11/c1-11-19(34-12(2)27)22(35-13(3)28)23(36-14(4)29)25(33-11)37-17-8-7-15-18(21(17)31-6)26-24-16(9-10-32-24)20(15)30-5/h11,15-26H,7-10H2,1-6H3/t11-,15?,16?,17?,18?,19+,20?,21?,22-,23-,24?,25-/m0/s1. The first kappa shape index (κ1) is 28.2. The van der Waals surface area contributed by atoms with Gasteiger partial charge in [0.15, 0.2) is 24.6 Å². The van der Waals surface area contributed by atoms with Gasteiger partial charge in [-0.2, -0.15) is 0 Å². The van der Waals surface area contributed by atoms with E-state index in [1.54, 1.807) is 21.1 Å². The van der Waals surface area contributed by atoms with Gasteiger partial charge in [-0.25, -0.2) is 0 Å². The van der Waals surface area contributed by atoms with E-state index in [9.17, 15) is 14.4 Å². The molecule has 7 unspecified atom stereocenters. The third kappa shape index (κ3) is 5.94. The van der Waals surface area contributed by atoms with Gasteiger partial charge in [-0.1, -0.05) is 0 Å². The Morgan fingerprint density at radius 2 is 1.38 bits per heavy atom. The Kier molecular flexibility index (Phi) is 9.08. The van der Waals surface area contributed by atoms with E-state index in [1.807, 2.05) is 0 Å². The molecule has 1 N–H and O–H groups in total. The number of piperidine rings is 1. The van der Waals surface area contributed by atoms with Crippen LogP contribution in [0, 0.1) is 11.8 Å². The van der Waals surface area contributed by atoms with Crippen LogP contribution < -0.4 is 5.32 Å². The average molecular weight is 530 g/mol. The van der Waals surface area contributed by atoms with Crippen molar-refractivity contribution in [1.82, 2.24) is 5.32 Å². The largest absolute Gasteiger partial charge is 0.456 e. The van der Waals surface area contributed by atoms with Crippen LogP contribution in [-0.4, -0.2) is 100 Å². The Balaban J connectivity index is 1.56. The smallest absolute Gasteiger partial charge is 0.303 e. The van der Waals surface area contributed by atoms with Crippen LogP contribution in [0.4, 0.5) is 0 Å². The van der Waals surface area contributed by atoms with E-state index < -0.39 is 54.7 Å². The zero-order chi connectivity index (χ0) is 26.9. The molecule has 4 aliphatic rings. The molecule has 37 heavy (non-hydrogen) atoms. The van der Waals surface area contributed by atoms with Gasteiger partial charge in [-0.05, 0) is 26.2 Å². The minimum atomic E-state index is -1.16. The predicted octanol–water partition coefficient (Wildman–Crippen LogP) is 0.686. The maximum atomic E-state index is 12.0. The Bertz CT molecular complexity index is 839. The second-order valence-electron chi connectivity index (χ2n) is 10.2.